The summed E-state index contributed by atoms with van der Waals surface area (Å²) < 4.78 is 32.6. The van der Waals surface area contributed by atoms with Crippen LogP contribution in [-0.2, 0) is 4.74 Å². The number of rotatable bonds is 7. The van der Waals surface area contributed by atoms with Crippen molar-refractivity contribution in [2.75, 3.05) is 38.7 Å². The third-order valence-electron chi connectivity index (χ3n) is 6.03. The Hall–Kier alpha value is -3.36. The molecule has 1 aliphatic heterocycles. The van der Waals surface area contributed by atoms with Crippen molar-refractivity contribution in [3.05, 3.63) is 83.6 Å². The fourth-order valence-corrected chi connectivity index (χ4v) is 4.32. The first-order valence-corrected chi connectivity index (χ1v) is 11.2. The number of carbonyl (C=O) groups is 1. The lowest BCUT2D eigenvalue weighted by molar-refractivity contribution is 0.159. The normalized spacial score (nSPS) is 18.1. The van der Waals surface area contributed by atoms with Gasteiger partial charge in [0.1, 0.15) is 0 Å². The Labute approximate surface area is 198 Å². The number of amides is 2. The zero-order chi connectivity index (χ0) is 24.1. The zero-order valence-corrected chi connectivity index (χ0v) is 19.2. The minimum atomic E-state index is -0.894. The van der Waals surface area contributed by atoms with Crippen molar-refractivity contribution < 1.29 is 18.3 Å². The van der Waals surface area contributed by atoms with Crippen molar-refractivity contribution in [2.24, 2.45) is 0 Å². The van der Waals surface area contributed by atoms with Crippen LogP contribution in [-0.4, -0.2) is 55.3 Å². The Bertz CT molecular complexity index is 1140. The molecule has 1 fully saturated rings. The lowest BCUT2D eigenvalue weighted by Gasteiger charge is -2.21. The van der Waals surface area contributed by atoms with Gasteiger partial charge in [-0.3, -0.25) is 9.88 Å². The minimum Gasteiger partial charge on any atom is -0.383 e. The molecule has 4 rings (SSSR count). The molecule has 2 heterocycles. The van der Waals surface area contributed by atoms with Crippen LogP contribution in [0.15, 0.2) is 60.7 Å². The molecule has 1 saturated heterocycles. The lowest BCUT2D eigenvalue weighted by Crippen LogP contribution is -2.42. The van der Waals surface area contributed by atoms with Gasteiger partial charge < -0.3 is 15.4 Å². The summed E-state index contributed by atoms with van der Waals surface area (Å²) in [6, 6.07) is 16.6. The number of hydrogen-bond donors (Lipinski definition) is 2. The maximum absolute atomic E-state index is 13.9. The average molecular weight is 467 g/mol. The molecule has 178 valence electrons. The number of ether oxygens (including phenoxy) is 1. The molecular formula is C26H28F2N4O2. The quantitative estimate of drug-likeness (QED) is 0.535. The van der Waals surface area contributed by atoms with Crippen molar-refractivity contribution in [2.45, 2.75) is 18.9 Å². The van der Waals surface area contributed by atoms with Crippen LogP contribution in [0.25, 0.3) is 11.3 Å². The monoisotopic (exact) mass is 466 g/mol. The van der Waals surface area contributed by atoms with Gasteiger partial charge in [-0.2, -0.15) is 0 Å². The third-order valence-corrected chi connectivity index (χ3v) is 6.03. The molecule has 0 saturated carbocycles. The number of methoxy groups -OCH3 is 1. The molecule has 2 N–H and O–H groups in total. The molecule has 6 nitrogen and oxygen atoms in total. The molecule has 34 heavy (non-hydrogen) atoms. The minimum absolute atomic E-state index is 0.192. The van der Waals surface area contributed by atoms with Crippen LogP contribution in [0.2, 0.25) is 0 Å². The second-order valence-electron chi connectivity index (χ2n) is 8.45. The number of halogens is 2. The number of aryl methyl sites for hydroxylation is 1. The summed E-state index contributed by atoms with van der Waals surface area (Å²) in [5, 5.41) is 5.96. The second kappa shape index (κ2) is 10.7. The van der Waals surface area contributed by atoms with Crippen LogP contribution in [0.3, 0.4) is 0 Å². The smallest absolute Gasteiger partial charge is 0.319 e. The summed E-state index contributed by atoms with van der Waals surface area (Å²) in [6.45, 7) is 4.28. The maximum Gasteiger partial charge on any atom is 0.319 e. The van der Waals surface area contributed by atoms with E-state index >= 15 is 0 Å². The van der Waals surface area contributed by atoms with E-state index in [1.165, 1.54) is 6.07 Å². The summed E-state index contributed by atoms with van der Waals surface area (Å²) in [7, 11) is 1.63. The van der Waals surface area contributed by atoms with E-state index in [2.05, 4.69) is 20.5 Å². The number of hydrogen-bond acceptors (Lipinski definition) is 4. The third kappa shape index (κ3) is 5.58. The number of carbonyl (C=O) groups excluding carboxylic acids is 1. The fourth-order valence-electron chi connectivity index (χ4n) is 4.32. The van der Waals surface area contributed by atoms with Gasteiger partial charge in [-0.15, -0.1) is 0 Å². The number of pyridine rings is 1. The van der Waals surface area contributed by atoms with Gasteiger partial charge in [0.25, 0.3) is 0 Å². The molecular weight excluding hydrogens is 438 g/mol. The molecule has 8 heteroatoms. The highest BCUT2D eigenvalue weighted by Gasteiger charge is 2.35. The predicted molar refractivity (Wildman–Crippen MR) is 128 cm³/mol. The second-order valence-corrected chi connectivity index (χ2v) is 8.45. The number of nitrogens with one attached hydrogen (secondary N) is 2. The van der Waals surface area contributed by atoms with Gasteiger partial charge in [0.05, 0.1) is 24.0 Å². The molecule has 2 atom stereocenters. The highest BCUT2D eigenvalue weighted by Crippen LogP contribution is 2.30. The van der Waals surface area contributed by atoms with Gasteiger partial charge in [-0.1, -0.05) is 36.4 Å². The van der Waals surface area contributed by atoms with Gasteiger partial charge >= 0.3 is 6.03 Å². The maximum atomic E-state index is 13.9. The SMILES string of the molecule is COCCN1C[C@@H](NC(=O)Nc2ccc(C)nc2-c2ccccc2)[C@H](c2ccc(F)c(F)c2)C1. The first-order valence-electron chi connectivity index (χ1n) is 11.2. The molecule has 0 radical (unpaired) electrons. The summed E-state index contributed by atoms with van der Waals surface area (Å²) in [6.07, 6.45) is 0. The van der Waals surface area contributed by atoms with Crippen LogP contribution in [0.1, 0.15) is 17.2 Å². The van der Waals surface area contributed by atoms with Crippen LogP contribution >= 0.6 is 0 Å². The molecule has 2 amide bonds. The van der Waals surface area contributed by atoms with Gasteiger partial charge in [-0.25, -0.2) is 13.6 Å². The molecule has 2 aromatic carbocycles. The van der Waals surface area contributed by atoms with E-state index in [4.69, 9.17) is 4.74 Å². The number of benzene rings is 2. The molecule has 0 bridgehead atoms. The van der Waals surface area contributed by atoms with Crippen LogP contribution < -0.4 is 10.6 Å². The topological polar surface area (TPSA) is 66.5 Å². The van der Waals surface area contributed by atoms with Gasteiger partial charge in [0.15, 0.2) is 11.6 Å². The Balaban J connectivity index is 1.53. The molecule has 3 aromatic rings. The molecule has 0 unspecified atom stereocenters. The first-order chi connectivity index (χ1) is 16.4. The van der Waals surface area contributed by atoms with Gasteiger partial charge in [0, 0.05) is 43.9 Å². The fraction of sp³-hybridized carbons (Fsp3) is 0.308. The van der Waals surface area contributed by atoms with Crippen LogP contribution in [0.5, 0.6) is 0 Å². The van der Waals surface area contributed by atoms with Gasteiger partial charge in [-0.05, 0) is 36.8 Å². The molecule has 1 aliphatic rings. The predicted octanol–water partition coefficient (Wildman–Crippen LogP) is 4.57. The van der Waals surface area contributed by atoms with E-state index in [9.17, 15) is 13.6 Å². The number of aromatic nitrogens is 1. The standard InChI is InChI=1S/C26H28F2N4O2/c1-17-8-11-23(25(29-17)18-6-4-3-5-7-18)30-26(33)31-24-16-32(12-13-34-2)15-20(24)19-9-10-21(27)22(28)14-19/h3-11,14,20,24H,12-13,15-16H2,1-2H3,(H2,30,31,33)/t20-,24+/m0/s1. The van der Waals surface area contributed by atoms with Crippen molar-refractivity contribution in [1.82, 2.24) is 15.2 Å². The average Bonchev–Trinajstić information content (AvgIpc) is 3.23. The lowest BCUT2D eigenvalue weighted by atomic mass is 9.94. The largest absolute Gasteiger partial charge is 0.383 e. The van der Waals surface area contributed by atoms with Crippen LogP contribution in [0, 0.1) is 18.6 Å². The highest BCUT2D eigenvalue weighted by atomic mass is 19.2. The first kappa shape index (κ1) is 23.8. The van der Waals surface area contributed by atoms with Crippen molar-refractivity contribution >= 4 is 11.7 Å². The number of likely N-dealkylation sites (tertiary alicyclic amines) is 1. The number of anilines is 1. The van der Waals surface area contributed by atoms with E-state index in [0.717, 1.165) is 17.3 Å². The van der Waals surface area contributed by atoms with Crippen molar-refractivity contribution in [1.29, 1.82) is 0 Å². The molecule has 0 aliphatic carbocycles. The number of urea groups is 1. The number of nitrogens with zero attached hydrogens (tertiary/aromatic N) is 2. The van der Waals surface area contributed by atoms with E-state index in [1.54, 1.807) is 13.2 Å². The van der Waals surface area contributed by atoms with E-state index in [-0.39, 0.29) is 18.0 Å². The van der Waals surface area contributed by atoms with Gasteiger partial charge in [0.2, 0.25) is 0 Å². The molecule has 1 aromatic heterocycles. The summed E-state index contributed by atoms with van der Waals surface area (Å²) in [5.74, 6) is -1.97. The van der Waals surface area contributed by atoms with E-state index in [1.807, 2.05) is 49.4 Å². The Morgan fingerprint density at radius 3 is 2.62 bits per heavy atom. The summed E-state index contributed by atoms with van der Waals surface area (Å²) >= 11 is 0. The van der Waals surface area contributed by atoms with Crippen molar-refractivity contribution in [3.63, 3.8) is 0 Å². The van der Waals surface area contributed by atoms with E-state index in [0.29, 0.717) is 43.2 Å². The Kier molecular flexibility index (Phi) is 7.49. The summed E-state index contributed by atoms with van der Waals surface area (Å²) in [5.41, 5.74) is 3.65. The molecule has 0 spiro atoms. The zero-order valence-electron chi connectivity index (χ0n) is 19.2. The Morgan fingerprint density at radius 2 is 1.88 bits per heavy atom. The highest BCUT2D eigenvalue weighted by molar-refractivity contribution is 5.93. The van der Waals surface area contributed by atoms with Crippen molar-refractivity contribution in [3.8, 4) is 11.3 Å². The van der Waals surface area contributed by atoms with E-state index < -0.39 is 11.6 Å². The van der Waals surface area contributed by atoms with Crippen LogP contribution in [0.4, 0.5) is 19.3 Å². The summed E-state index contributed by atoms with van der Waals surface area (Å²) in [4.78, 5) is 19.8. The Morgan fingerprint density at radius 1 is 1.09 bits per heavy atom.